The summed E-state index contributed by atoms with van der Waals surface area (Å²) in [5, 5.41) is 0. The number of hydrogen-bond acceptors (Lipinski definition) is 3. The van der Waals surface area contributed by atoms with Gasteiger partial charge in [0, 0.05) is 5.56 Å². The lowest BCUT2D eigenvalue weighted by molar-refractivity contribution is 1.13. The first-order valence-corrected chi connectivity index (χ1v) is 4.97. The molecule has 1 aromatic carbocycles. The number of hydrogen-bond donors (Lipinski definition) is 1. The molecule has 0 saturated heterocycles. The highest BCUT2D eigenvalue weighted by Crippen LogP contribution is 2.21. The lowest BCUT2D eigenvalue weighted by Gasteiger charge is -2.06. The fraction of sp³-hybridized carbons (Fsp3) is 0.167. The van der Waals surface area contributed by atoms with E-state index >= 15 is 0 Å². The van der Waals surface area contributed by atoms with Crippen LogP contribution in [0.2, 0.25) is 0 Å². The fourth-order valence-electron chi connectivity index (χ4n) is 1.59. The van der Waals surface area contributed by atoms with Crippen molar-refractivity contribution in [3.05, 3.63) is 42.2 Å². The maximum absolute atomic E-state index is 5.61. The van der Waals surface area contributed by atoms with E-state index in [1.54, 1.807) is 12.4 Å². The number of nitrogens with two attached hydrogens (primary N) is 1. The third-order valence-electron chi connectivity index (χ3n) is 2.33. The van der Waals surface area contributed by atoms with Crippen molar-refractivity contribution in [3.8, 4) is 11.3 Å². The van der Waals surface area contributed by atoms with E-state index in [4.69, 9.17) is 5.73 Å². The Morgan fingerprint density at radius 1 is 1.20 bits per heavy atom. The number of nitrogen functional groups attached to an aromatic ring is 1. The summed E-state index contributed by atoms with van der Waals surface area (Å²) in [6.07, 6.45) is 4.27. The zero-order chi connectivity index (χ0) is 10.7. The first-order chi connectivity index (χ1) is 7.31. The van der Waals surface area contributed by atoms with Gasteiger partial charge < -0.3 is 5.73 Å². The van der Waals surface area contributed by atoms with E-state index < -0.39 is 0 Å². The summed E-state index contributed by atoms with van der Waals surface area (Å²) in [6.45, 7) is 2.12. The molecule has 0 amide bonds. The molecule has 3 heteroatoms. The smallest absolute Gasteiger partial charge is 0.142 e. The lowest BCUT2D eigenvalue weighted by atomic mass is 10.0. The summed E-state index contributed by atoms with van der Waals surface area (Å²) in [7, 11) is 0. The molecule has 1 heterocycles. The second kappa shape index (κ2) is 4.09. The lowest BCUT2D eigenvalue weighted by Crippen LogP contribution is -1.95. The number of aromatic nitrogens is 2. The highest BCUT2D eigenvalue weighted by molar-refractivity contribution is 5.63. The molecule has 76 valence electrons. The van der Waals surface area contributed by atoms with Crippen LogP contribution in [0.5, 0.6) is 0 Å². The van der Waals surface area contributed by atoms with Gasteiger partial charge in [0.1, 0.15) is 5.82 Å². The second-order valence-corrected chi connectivity index (χ2v) is 3.34. The first kappa shape index (κ1) is 9.65. The molecule has 2 aromatic rings. The number of rotatable bonds is 2. The van der Waals surface area contributed by atoms with Crippen molar-refractivity contribution in [3.63, 3.8) is 0 Å². The van der Waals surface area contributed by atoms with E-state index in [1.807, 2.05) is 18.2 Å². The highest BCUT2D eigenvalue weighted by atomic mass is 14.9. The van der Waals surface area contributed by atoms with Crippen molar-refractivity contribution in [1.82, 2.24) is 9.97 Å². The van der Waals surface area contributed by atoms with Gasteiger partial charge in [0.05, 0.1) is 18.1 Å². The minimum Gasteiger partial charge on any atom is -0.382 e. The van der Waals surface area contributed by atoms with Crippen LogP contribution >= 0.6 is 0 Å². The Kier molecular flexibility index (Phi) is 2.63. The van der Waals surface area contributed by atoms with Gasteiger partial charge in [-0.05, 0) is 12.0 Å². The number of aryl methyl sites for hydroxylation is 1. The predicted octanol–water partition coefficient (Wildman–Crippen LogP) is 2.29. The first-order valence-electron chi connectivity index (χ1n) is 4.97. The molecule has 0 bridgehead atoms. The van der Waals surface area contributed by atoms with Crippen LogP contribution in [-0.4, -0.2) is 9.97 Å². The predicted molar refractivity (Wildman–Crippen MR) is 61.3 cm³/mol. The molecule has 0 saturated carbocycles. The van der Waals surface area contributed by atoms with Crippen LogP contribution in [0.15, 0.2) is 36.7 Å². The van der Waals surface area contributed by atoms with Gasteiger partial charge in [-0.15, -0.1) is 0 Å². The zero-order valence-electron chi connectivity index (χ0n) is 8.64. The molecule has 0 atom stereocenters. The van der Waals surface area contributed by atoms with Gasteiger partial charge in [0.2, 0.25) is 0 Å². The van der Waals surface area contributed by atoms with Crippen molar-refractivity contribution in [2.24, 2.45) is 0 Å². The van der Waals surface area contributed by atoms with Crippen LogP contribution in [0.3, 0.4) is 0 Å². The molecule has 0 aliphatic carbocycles. The molecule has 0 aliphatic rings. The van der Waals surface area contributed by atoms with Crippen LogP contribution in [-0.2, 0) is 6.42 Å². The van der Waals surface area contributed by atoms with Crippen LogP contribution in [0.25, 0.3) is 11.3 Å². The Hall–Kier alpha value is -1.90. The molecule has 2 rings (SSSR count). The van der Waals surface area contributed by atoms with Gasteiger partial charge in [0.25, 0.3) is 0 Å². The molecule has 15 heavy (non-hydrogen) atoms. The van der Waals surface area contributed by atoms with Crippen molar-refractivity contribution in [2.45, 2.75) is 13.3 Å². The molecule has 3 nitrogen and oxygen atoms in total. The van der Waals surface area contributed by atoms with Crippen molar-refractivity contribution in [2.75, 3.05) is 5.73 Å². The third-order valence-corrected chi connectivity index (χ3v) is 2.33. The maximum atomic E-state index is 5.61. The van der Waals surface area contributed by atoms with Gasteiger partial charge in [-0.3, -0.25) is 4.98 Å². The summed E-state index contributed by atoms with van der Waals surface area (Å²) in [5.74, 6) is 0.457. The Morgan fingerprint density at radius 3 is 2.73 bits per heavy atom. The highest BCUT2D eigenvalue weighted by Gasteiger charge is 2.04. The van der Waals surface area contributed by atoms with Gasteiger partial charge in [-0.25, -0.2) is 4.98 Å². The molecule has 0 spiro atoms. The van der Waals surface area contributed by atoms with E-state index in [1.165, 1.54) is 5.56 Å². The summed E-state index contributed by atoms with van der Waals surface area (Å²) >= 11 is 0. The van der Waals surface area contributed by atoms with Crippen molar-refractivity contribution in [1.29, 1.82) is 0 Å². The van der Waals surface area contributed by atoms with E-state index in [0.717, 1.165) is 17.7 Å². The molecular weight excluding hydrogens is 186 g/mol. The molecule has 2 N–H and O–H groups in total. The summed E-state index contributed by atoms with van der Waals surface area (Å²) in [5.41, 5.74) is 8.83. The van der Waals surface area contributed by atoms with Crippen LogP contribution in [0, 0.1) is 0 Å². The van der Waals surface area contributed by atoms with E-state index in [-0.39, 0.29) is 0 Å². The monoisotopic (exact) mass is 199 g/mol. The molecule has 0 unspecified atom stereocenters. The quantitative estimate of drug-likeness (QED) is 0.807. The van der Waals surface area contributed by atoms with E-state index in [0.29, 0.717) is 5.82 Å². The van der Waals surface area contributed by atoms with Crippen LogP contribution < -0.4 is 5.73 Å². The maximum Gasteiger partial charge on any atom is 0.142 e. The Morgan fingerprint density at radius 2 is 2.00 bits per heavy atom. The molecule has 0 radical (unpaired) electrons. The largest absolute Gasteiger partial charge is 0.382 e. The van der Waals surface area contributed by atoms with Gasteiger partial charge in [-0.1, -0.05) is 31.2 Å². The van der Waals surface area contributed by atoms with Crippen molar-refractivity contribution >= 4 is 5.82 Å². The molecule has 0 aliphatic heterocycles. The standard InChI is InChI=1S/C12H13N3/c1-2-9-5-3-4-6-10(9)11-7-14-8-12(13)15-11/h3-8H,2H2,1H3,(H2,13,15). The molecule has 1 aromatic heterocycles. The Balaban J connectivity index is 2.53. The average Bonchev–Trinajstić information content (AvgIpc) is 2.29. The fourth-order valence-corrected chi connectivity index (χ4v) is 1.59. The van der Waals surface area contributed by atoms with E-state index in [2.05, 4.69) is 23.0 Å². The summed E-state index contributed by atoms with van der Waals surface area (Å²) in [4.78, 5) is 8.32. The topological polar surface area (TPSA) is 51.8 Å². The van der Waals surface area contributed by atoms with Crippen LogP contribution in [0.1, 0.15) is 12.5 Å². The second-order valence-electron chi connectivity index (χ2n) is 3.34. The summed E-state index contributed by atoms with van der Waals surface area (Å²) in [6, 6.07) is 8.17. The molecule has 0 fully saturated rings. The number of anilines is 1. The van der Waals surface area contributed by atoms with Crippen LogP contribution in [0.4, 0.5) is 5.82 Å². The van der Waals surface area contributed by atoms with Gasteiger partial charge in [-0.2, -0.15) is 0 Å². The SMILES string of the molecule is CCc1ccccc1-c1cncc(N)n1. The number of nitrogens with zero attached hydrogens (tertiary/aromatic N) is 2. The van der Waals surface area contributed by atoms with E-state index in [9.17, 15) is 0 Å². The zero-order valence-corrected chi connectivity index (χ0v) is 8.64. The van der Waals surface area contributed by atoms with Crippen molar-refractivity contribution < 1.29 is 0 Å². The van der Waals surface area contributed by atoms with Gasteiger partial charge >= 0.3 is 0 Å². The minimum absolute atomic E-state index is 0.457. The van der Waals surface area contributed by atoms with Gasteiger partial charge in [0.15, 0.2) is 0 Å². The minimum atomic E-state index is 0.457. The Labute approximate surface area is 89.0 Å². The average molecular weight is 199 g/mol. The summed E-state index contributed by atoms with van der Waals surface area (Å²) < 4.78 is 0. The normalized spacial score (nSPS) is 10.2. The third kappa shape index (κ3) is 1.96. The Bertz CT molecular complexity index is 466. The number of benzene rings is 1. The molecular formula is C12H13N3.